The SMILES string of the molecule is C#CCO[SH](=O)(O)CC. The minimum atomic E-state index is -3.33. The molecular weight excluding hydrogens is 140 g/mol. The molecule has 54 valence electrons. The molecule has 0 heterocycles. The van der Waals surface area contributed by atoms with Gasteiger partial charge in [-0.1, -0.05) is 12.8 Å². The maximum atomic E-state index is 10.6. The van der Waals surface area contributed by atoms with E-state index in [0.29, 0.717) is 0 Å². The lowest BCUT2D eigenvalue weighted by molar-refractivity contribution is 0.327. The van der Waals surface area contributed by atoms with Gasteiger partial charge in [0.15, 0.2) is 0 Å². The zero-order valence-corrected chi connectivity index (χ0v) is 6.10. The monoisotopic (exact) mass is 150 g/mol. The van der Waals surface area contributed by atoms with Gasteiger partial charge in [0.05, 0.1) is 10.5 Å². The largest absolute Gasteiger partial charge is 0.309 e. The van der Waals surface area contributed by atoms with E-state index in [9.17, 15) is 4.21 Å². The fraction of sp³-hybridized carbons (Fsp3) is 0.600. The van der Waals surface area contributed by atoms with Crippen LogP contribution in [0.1, 0.15) is 6.92 Å². The summed E-state index contributed by atoms with van der Waals surface area (Å²) >= 11 is 0. The van der Waals surface area contributed by atoms with E-state index in [4.69, 9.17) is 11.0 Å². The Labute approximate surface area is 55.9 Å². The van der Waals surface area contributed by atoms with Crippen molar-refractivity contribution >= 4 is 10.5 Å². The van der Waals surface area contributed by atoms with Gasteiger partial charge in [0, 0.05) is 5.75 Å². The minimum absolute atomic E-state index is 0.0956. The maximum Gasteiger partial charge on any atom is 0.124 e. The lowest BCUT2D eigenvalue weighted by Crippen LogP contribution is -2.17. The predicted molar refractivity (Wildman–Crippen MR) is 37.5 cm³/mol. The molecule has 0 aromatic carbocycles. The molecule has 0 radical (unpaired) electrons. The van der Waals surface area contributed by atoms with E-state index in [1.54, 1.807) is 6.92 Å². The van der Waals surface area contributed by atoms with Crippen LogP contribution < -0.4 is 0 Å². The highest BCUT2D eigenvalue weighted by Crippen LogP contribution is 1.98. The van der Waals surface area contributed by atoms with Gasteiger partial charge < -0.3 is 4.55 Å². The molecule has 0 aliphatic heterocycles. The normalized spacial score (nSPS) is 12.6. The van der Waals surface area contributed by atoms with E-state index >= 15 is 0 Å². The molecule has 0 aliphatic rings. The molecule has 3 nitrogen and oxygen atoms in total. The van der Waals surface area contributed by atoms with E-state index in [1.165, 1.54) is 0 Å². The third-order valence-corrected chi connectivity index (χ3v) is 2.08. The summed E-state index contributed by atoms with van der Waals surface area (Å²) in [5.74, 6) is 2.21. The molecule has 1 N–H and O–H groups in total. The molecule has 4 heteroatoms. The maximum absolute atomic E-state index is 10.6. The van der Waals surface area contributed by atoms with Crippen LogP contribution in [0, 0.1) is 12.3 Å². The summed E-state index contributed by atoms with van der Waals surface area (Å²) in [4.78, 5) is 0. The van der Waals surface area contributed by atoms with Crippen LogP contribution in [0.3, 0.4) is 0 Å². The Bertz CT molecular complexity index is 158. The Morgan fingerprint density at radius 3 is 2.78 bits per heavy atom. The molecule has 0 bridgehead atoms. The first-order chi connectivity index (χ1) is 4.12. The van der Waals surface area contributed by atoms with Gasteiger partial charge in [-0.3, -0.25) is 4.18 Å². The second kappa shape index (κ2) is 3.62. The first-order valence-electron chi connectivity index (χ1n) is 2.52. The van der Waals surface area contributed by atoms with Gasteiger partial charge in [-0.25, -0.2) is 4.21 Å². The van der Waals surface area contributed by atoms with Crippen molar-refractivity contribution in [2.75, 3.05) is 12.4 Å². The van der Waals surface area contributed by atoms with Crippen LogP contribution in [-0.2, 0) is 14.7 Å². The van der Waals surface area contributed by atoms with Crippen LogP contribution in [0.5, 0.6) is 0 Å². The fourth-order valence-electron chi connectivity index (χ4n) is 0.229. The summed E-state index contributed by atoms with van der Waals surface area (Å²) in [6, 6.07) is 0. The van der Waals surface area contributed by atoms with Gasteiger partial charge in [0.1, 0.15) is 6.61 Å². The van der Waals surface area contributed by atoms with Crippen LogP contribution in [0.2, 0.25) is 0 Å². The van der Waals surface area contributed by atoms with E-state index in [1.807, 2.05) is 0 Å². The van der Waals surface area contributed by atoms with E-state index in [-0.39, 0.29) is 12.4 Å². The Hall–Kier alpha value is -0.370. The molecule has 0 fully saturated rings. The average molecular weight is 150 g/mol. The highest BCUT2D eigenvalue weighted by Gasteiger charge is 2.03. The number of hydrogen-bond acceptors (Lipinski definition) is 2. The quantitative estimate of drug-likeness (QED) is 0.442. The van der Waals surface area contributed by atoms with E-state index in [0.717, 1.165) is 0 Å². The minimum Gasteiger partial charge on any atom is -0.309 e. The number of thiol groups is 1. The molecule has 0 amide bonds. The van der Waals surface area contributed by atoms with Crippen molar-refractivity contribution in [2.24, 2.45) is 0 Å². The smallest absolute Gasteiger partial charge is 0.124 e. The predicted octanol–water partition coefficient (Wildman–Crippen LogP) is 0.0608. The van der Waals surface area contributed by atoms with Crippen LogP contribution in [-0.4, -0.2) is 21.1 Å². The van der Waals surface area contributed by atoms with Crippen molar-refractivity contribution in [3.63, 3.8) is 0 Å². The third kappa shape index (κ3) is 4.15. The molecule has 0 spiro atoms. The third-order valence-electron chi connectivity index (χ3n) is 0.749. The van der Waals surface area contributed by atoms with Gasteiger partial charge in [-0.2, -0.15) is 0 Å². The summed E-state index contributed by atoms with van der Waals surface area (Å²) < 4.78 is 23.7. The lowest BCUT2D eigenvalue weighted by atomic mass is 10.8. The molecule has 0 aliphatic carbocycles. The number of terminal acetylenes is 1. The molecule has 0 saturated carbocycles. The molecule has 0 aromatic heterocycles. The van der Waals surface area contributed by atoms with Crippen LogP contribution in [0.25, 0.3) is 0 Å². The Kier molecular flexibility index (Phi) is 3.47. The summed E-state index contributed by atoms with van der Waals surface area (Å²) in [5, 5.41) is 0. The Morgan fingerprint density at radius 1 is 1.89 bits per heavy atom. The Balaban J connectivity index is 3.63. The molecule has 0 saturated heterocycles. The van der Waals surface area contributed by atoms with Crippen molar-refractivity contribution < 1.29 is 12.9 Å². The summed E-state index contributed by atoms with van der Waals surface area (Å²) in [6.45, 7) is 1.47. The Morgan fingerprint density at radius 2 is 2.44 bits per heavy atom. The molecule has 9 heavy (non-hydrogen) atoms. The summed E-state index contributed by atoms with van der Waals surface area (Å²) in [7, 11) is -3.33. The fourth-order valence-corrected chi connectivity index (χ4v) is 0.688. The first kappa shape index (κ1) is 8.63. The molecule has 0 atom stereocenters. The highest BCUT2D eigenvalue weighted by molar-refractivity contribution is 7.93. The summed E-state index contributed by atoms with van der Waals surface area (Å²) in [6.07, 6.45) is 4.78. The van der Waals surface area contributed by atoms with Gasteiger partial charge in [0.2, 0.25) is 0 Å². The van der Waals surface area contributed by atoms with Crippen LogP contribution in [0.4, 0.5) is 0 Å². The second-order valence-corrected chi connectivity index (χ2v) is 3.60. The lowest BCUT2D eigenvalue weighted by Gasteiger charge is -2.12. The first-order valence-corrected chi connectivity index (χ1v) is 4.28. The zero-order chi connectivity index (χ0) is 7.33. The zero-order valence-electron chi connectivity index (χ0n) is 5.20. The van der Waals surface area contributed by atoms with Gasteiger partial charge in [-0.15, -0.1) is 6.42 Å². The van der Waals surface area contributed by atoms with Crippen molar-refractivity contribution in [2.45, 2.75) is 6.92 Å². The van der Waals surface area contributed by atoms with Crippen LogP contribution >= 0.6 is 0 Å². The van der Waals surface area contributed by atoms with E-state index in [2.05, 4.69) is 10.1 Å². The summed E-state index contributed by atoms with van der Waals surface area (Å²) in [5.41, 5.74) is 0. The molecule has 0 unspecified atom stereocenters. The van der Waals surface area contributed by atoms with Crippen molar-refractivity contribution in [1.82, 2.24) is 0 Å². The standard InChI is InChI=1S/C5H10O3S/c1-3-5-8-9(6,7)4-2/h1,9H,4-5H2,2H3,(H,6,7). The molecule has 0 rings (SSSR count). The van der Waals surface area contributed by atoms with Crippen molar-refractivity contribution in [3.8, 4) is 12.3 Å². The van der Waals surface area contributed by atoms with Gasteiger partial charge in [-0.05, 0) is 0 Å². The van der Waals surface area contributed by atoms with Crippen molar-refractivity contribution in [3.05, 3.63) is 0 Å². The topological polar surface area (TPSA) is 46.5 Å². The highest BCUT2D eigenvalue weighted by atomic mass is 32.3. The number of hydrogen-bond donors (Lipinski definition) is 2. The molecular formula is C5H10O3S. The van der Waals surface area contributed by atoms with Crippen LogP contribution in [0.15, 0.2) is 0 Å². The average Bonchev–Trinajstić information content (AvgIpc) is 1.84. The second-order valence-electron chi connectivity index (χ2n) is 1.43. The number of rotatable bonds is 3. The van der Waals surface area contributed by atoms with Gasteiger partial charge >= 0.3 is 0 Å². The van der Waals surface area contributed by atoms with E-state index < -0.39 is 10.5 Å². The van der Waals surface area contributed by atoms with Gasteiger partial charge in [0.25, 0.3) is 0 Å². The van der Waals surface area contributed by atoms with Crippen molar-refractivity contribution in [1.29, 1.82) is 0 Å². The molecule has 0 aromatic rings.